The van der Waals surface area contributed by atoms with Crippen molar-refractivity contribution >= 4 is 16.9 Å². The largest absolute Gasteiger partial charge is 0.368 e. The summed E-state index contributed by atoms with van der Waals surface area (Å²) < 4.78 is 8.36. The normalized spacial score (nSPS) is 20.9. The summed E-state index contributed by atoms with van der Waals surface area (Å²) in [6.07, 6.45) is 6.80. The topological polar surface area (TPSA) is 76.0 Å². The molecule has 3 aliphatic rings. The van der Waals surface area contributed by atoms with Crippen LogP contribution in [0, 0.1) is 0 Å². The van der Waals surface area contributed by atoms with Crippen molar-refractivity contribution in [2.75, 3.05) is 19.7 Å². The van der Waals surface area contributed by atoms with Crippen molar-refractivity contribution in [1.29, 1.82) is 0 Å². The number of amides is 1. The molecule has 7 nitrogen and oxygen atoms in total. The van der Waals surface area contributed by atoms with E-state index >= 15 is 0 Å². The Labute approximate surface area is 169 Å². The van der Waals surface area contributed by atoms with Crippen LogP contribution in [-0.4, -0.2) is 50.3 Å². The van der Waals surface area contributed by atoms with E-state index < -0.39 is 0 Å². The number of nitrogens with one attached hydrogen (secondary N) is 1. The minimum absolute atomic E-state index is 0.172. The highest BCUT2D eigenvalue weighted by molar-refractivity contribution is 5.81. The molecule has 1 amide bonds. The van der Waals surface area contributed by atoms with Gasteiger partial charge in [0, 0.05) is 19.0 Å². The van der Waals surface area contributed by atoms with Crippen molar-refractivity contribution in [1.82, 2.24) is 24.6 Å². The molecule has 2 aliphatic heterocycles. The maximum atomic E-state index is 13.2. The van der Waals surface area contributed by atoms with E-state index in [1.165, 1.54) is 18.4 Å². The number of ether oxygens (including phenoxy) is 1. The quantitative estimate of drug-likeness (QED) is 0.745. The summed E-state index contributed by atoms with van der Waals surface area (Å²) in [5.41, 5.74) is 4.13. The van der Waals surface area contributed by atoms with Crippen LogP contribution in [0.25, 0.3) is 11.0 Å². The highest BCUT2D eigenvalue weighted by Gasteiger charge is 2.43. The van der Waals surface area contributed by atoms with Crippen molar-refractivity contribution in [3.8, 4) is 0 Å². The predicted molar refractivity (Wildman–Crippen MR) is 107 cm³/mol. The molecular weight excluding hydrogens is 366 g/mol. The molecule has 1 N–H and O–H groups in total. The van der Waals surface area contributed by atoms with Crippen LogP contribution in [0.5, 0.6) is 0 Å². The summed E-state index contributed by atoms with van der Waals surface area (Å²) >= 11 is 0. The van der Waals surface area contributed by atoms with Crippen LogP contribution < -0.4 is 0 Å². The number of hydrogen-bond donors (Lipinski definition) is 1. The van der Waals surface area contributed by atoms with Gasteiger partial charge in [0.2, 0.25) is 5.91 Å². The molecule has 150 valence electrons. The fourth-order valence-corrected chi connectivity index (χ4v) is 4.98. The summed E-state index contributed by atoms with van der Waals surface area (Å²) in [5.74, 6) is 1.76. The zero-order valence-corrected chi connectivity index (χ0v) is 16.4. The van der Waals surface area contributed by atoms with Crippen LogP contribution in [0.1, 0.15) is 48.7 Å². The Morgan fingerprint density at radius 2 is 2.07 bits per heavy atom. The summed E-state index contributed by atoms with van der Waals surface area (Å²) in [6.45, 7) is 2.52. The van der Waals surface area contributed by atoms with Crippen molar-refractivity contribution < 1.29 is 9.53 Å². The number of imidazole rings is 1. The number of aromatic amines is 1. The van der Waals surface area contributed by atoms with E-state index in [0.29, 0.717) is 25.6 Å². The lowest BCUT2D eigenvalue weighted by Crippen LogP contribution is -2.49. The molecule has 1 spiro atoms. The SMILES string of the molecule is O=C(Cn1c(C2CC2)nc2ccccc21)N1CCC2(CC1)OCCc1cn[nH]c12. The third-order valence-electron chi connectivity index (χ3n) is 6.77. The number of fused-ring (bicyclic) bond motifs is 3. The van der Waals surface area contributed by atoms with Crippen molar-refractivity contribution in [3.63, 3.8) is 0 Å². The van der Waals surface area contributed by atoms with E-state index in [0.717, 1.165) is 48.4 Å². The van der Waals surface area contributed by atoms with Gasteiger partial charge in [-0.05, 0) is 49.8 Å². The molecule has 1 saturated heterocycles. The predicted octanol–water partition coefficient (Wildman–Crippen LogP) is 2.73. The number of rotatable bonds is 3. The first kappa shape index (κ1) is 17.2. The average Bonchev–Trinajstić information content (AvgIpc) is 3.36. The number of carbonyl (C=O) groups excluding carboxylic acids is 1. The number of carbonyl (C=O) groups is 1. The Bertz CT molecular complexity index is 1070. The molecule has 0 unspecified atom stereocenters. The van der Waals surface area contributed by atoms with Gasteiger partial charge in [-0.2, -0.15) is 5.10 Å². The molecular formula is C22H25N5O2. The molecule has 3 aromatic rings. The smallest absolute Gasteiger partial charge is 0.242 e. The molecule has 1 saturated carbocycles. The average molecular weight is 391 g/mol. The van der Waals surface area contributed by atoms with Crippen LogP contribution in [0.4, 0.5) is 0 Å². The Morgan fingerprint density at radius 1 is 1.24 bits per heavy atom. The second-order valence-corrected chi connectivity index (χ2v) is 8.56. The van der Waals surface area contributed by atoms with Gasteiger partial charge in [0.05, 0.1) is 29.5 Å². The lowest BCUT2D eigenvalue weighted by atomic mass is 9.84. The van der Waals surface area contributed by atoms with Crippen molar-refractivity contribution in [2.45, 2.75) is 50.2 Å². The van der Waals surface area contributed by atoms with E-state index in [9.17, 15) is 4.79 Å². The van der Waals surface area contributed by atoms with Gasteiger partial charge in [-0.25, -0.2) is 4.98 Å². The third kappa shape index (κ3) is 2.79. The highest BCUT2D eigenvalue weighted by Crippen LogP contribution is 2.42. The van der Waals surface area contributed by atoms with Crippen LogP contribution in [0.2, 0.25) is 0 Å². The molecule has 0 bridgehead atoms. The van der Waals surface area contributed by atoms with Crippen LogP contribution in [0.3, 0.4) is 0 Å². The van der Waals surface area contributed by atoms with Gasteiger partial charge >= 0.3 is 0 Å². The fourth-order valence-electron chi connectivity index (χ4n) is 4.98. The molecule has 4 heterocycles. The monoisotopic (exact) mass is 391 g/mol. The number of H-pyrrole nitrogens is 1. The summed E-state index contributed by atoms with van der Waals surface area (Å²) in [4.78, 5) is 20.0. The number of hydrogen-bond acceptors (Lipinski definition) is 4. The standard InChI is InChI=1S/C22H25N5O2/c28-19(14-27-18-4-2-1-3-17(18)24-21(27)15-5-6-15)26-10-8-22(9-11-26)20-16(7-12-29-22)13-23-25-20/h1-4,13,15H,5-12,14H2,(H,23,25). The Balaban J connectivity index is 1.21. The molecule has 2 aromatic heterocycles. The first-order chi connectivity index (χ1) is 14.2. The van der Waals surface area contributed by atoms with E-state index in [1.54, 1.807) is 0 Å². The molecule has 0 radical (unpaired) electrons. The van der Waals surface area contributed by atoms with E-state index in [-0.39, 0.29) is 11.5 Å². The summed E-state index contributed by atoms with van der Waals surface area (Å²) in [5, 5.41) is 7.38. The minimum atomic E-state index is -0.304. The van der Waals surface area contributed by atoms with Crippen LogP contribution >= 0.6 is 0 Å². The second kappa shape index (κ2) is 6.42. The maximum Gasteiger partial charge on any atom is 0.242 e. The van der Waals surface area contributed by atoms with Crippen molar-refractivity contribution in [2.24, 2.45) is 0 Å². The molecule has 6 rings (SSSR count). The first-order valence-electron chi connectivity index (χ1n) is 10.6. The zero-order chi connectivity index (χ0) is 19.4. The van der Waals surface area contributed by atoms with Gasteiger partial charge in [-0.15, -0.1) is 0 Å². The third-order valence-corrected chi connectivity index (χ3v) is 6.77. The Morgan fingerprint density at radius 3 is 2.90 bits per heavy atom. The van der Waals surface area contributed by atoms with Gasteiger partial charge in [0.1, 0.15) is 18.0 Å². The van der Waals surface area contributed by atoms with E-state index in [1.807, 2.05) is 29.3 Å². The van der Waals surface area contributed by atoms with Crippen LogP contribution in [0.15, 0.2) is 30.5 Å². The molecule has 7 heteroatoms. The lowest BCUT2D eigenvalue weighted by Gasteiger charge is -2.43. The fraction of sp³-hybridized carbons (Fsp3) is 0.500. The minimum Gasteiger partial charge on any atom is -0.368 e. The molecule has 2 fully saturated rings. The van der Waals surface area contributed by atoms with Gasteiger partial charge < -0.3 is 14.2 Å². The zero-order valence-electron chi connectivity index (χ0n) is 16.4. The number of aromatic nitrogens is 4. The van der Waals surface area contributed by atoms with Gasteiger partial charge in [-0.3, -0.25) is 9.89 Å². The maximum absolute atomic E-state index is 13.2. The lowest BCUT2D eigenvalue weighted by molar-refractivity contribution is -0.141. The van der Waals surface area contributed by atoms with Crippen molar-refractivity contribution in [3.05, 3.63) is 47.5 Å². The number of likely N-dealkylation sites (tertiary alicyclic amines) is 1. The summed E-state index contributed by atoms with van der Waals surface area (Å²) in [7, 11) is 0. The highest BCUT2D eigenvalue weighted by atomic mass is 16.5. The number of piperidine rings is 1. The Kier molecular flexibility index (Phi) is 3.81. The van der Waals surface area contributed by atoms with Crippen LogP contribution in [-0.2, 0) is 28.1 Å². The van der Waals surface area contributed by atoms with E-state index in [2.05, 4.69) is 20.8 Å². The Hall–Kier alpha value is -2.67. The molecule has 1 aliphatic carbocycles. The molecule has 29 heavy (non-hydrogen) atoms. The number of para-hydroxylation sites is 2. The molecule has 0 atom stereocenters. The van der Waals surface area contributed by atoms with Gasteiger partial charge in [-0.1, -0.05) is 12.1 Å². The number of benzene rings is 1. The van der Waals surface area contributed by atoms with E-state index in [4.69, 9.17) is 9.72 Å². The van der Waals surface area contributed by atoms with Gasteiger partial charge in [0.25, 0.3) is 0 Å². The summed E-state index contributed by atoms with van der Waals surface area (Å²) in [6, 6.07) is 8.14. The van der Waals surface area contributed by atoms with Gasteiger partial charge in [0.15, 0.2) is 0 Å². The molecule has 1 aromatic carbocycles. The number of nitrogens with zero attached hydrogens (tertiary/aromatic N) is 4. The first-order valence-corrected chi connectivity index (χ1v) is 10.6. The second-order valence-electron chi connectivity index (χ2n) is 8.56.